The van der Waals surface area contributed by atoms with Gasteiger partial charge in [0.05, 0.1) is 5.56 Å². The molecule has 0 spiro atoms. The first kappa shape index (κ1) is 12.8. The monoisotopic (exact) mass is 276 g/mol. The third-order valence-electron chi connectivity index (χ3n) is 3.19. The Labute approximate surface area is 114 Å². The van der Waals surface area contributed by atoms with Gasteiger partial charge in [0.15, 0.2) is 0 Å². The summed E-state index contributed by atoms with van der Waals surface area (Å²) in [5.41, 5.74) is 1.01. The first-order valence-corrected chi connectivity index (χ1v) is 6.15. The minimum Gasteiger partial charge on any atom is -0.481 e. The zero-order valence-corrected chi connectivity index (χ0v) is 10.4. The molecule has 0 saturated carbocycles. The standard InChI is InChI=1S/C16H11F3O/c17-16(18,19)13-8-5-12(6-9-13)15-10-7-11-3-1-2-4-14(11)20-15/h1-10,15H/t15-/m0/s1. The van der Waals surface area contributed by atoms with Crippen LogP contribution >= 0.6 is 0 Å². The van der Waals surface area contributed by atoms with Gasteiger partial charge in [-0.3, -0.25) is 0 Å². The fourth-order valence-electron chi connectivity index (χ4n) is 2.13. The van der Waals surface area contributed by atoms with Crippen molar-refractivity contribution in [2.75, 3.05) is 0 Å². The Morgan fingerprint density at radius 2 is 1.60 bits per heavy atom. The Bertz CT molecular complexity index is 642. The van der Waals surface area contributed by atoms with Gasteiger partial charge in [-0.25, -0.2) is 0 Å². The summed E-state index contributed by atoms with van der Waals surface area (Å²) in [6, 6.07) is 12.6. The molecule has 0 saturated heterocycles. The van der Waals surface area contributed by atoms with Crippen molar-refractivity contribution in [3.63, 3.8) is 0 Å². The van der Waals surface area contributed by atoms with Crippen LogP contribution < -0.4 is 4.74 Å². The number of ether oxygens (including phenoxy) is 1. The molecule has 1 aliphatic heterocycles. The number of hydrogen-bond acceptors (Lipinski definition) is 1. The molecule has 4 heteroatoms. The highest BCUT2D eigenvalue weighted by Crippen LogP contribution is 2.34. The van der Waals surface area contributed by atoms with Crippen LogP contribution in [-0.4, -0.2) is 0 Å². The molecule has 1 atom stereocenters. The highest BCUT2D eigenvalue weighted by molar-refractivity contribution is 5.60. The summed E-state index contributed by atoms with van der Waals surface area (Å²) in [6.45, 7) is 0. The Kier molecular flexibility index (Phi) is 3.01. The second-order valence-corrected chi connectivity index (χ2v) is 4.56. The minimum atomic E-state index is -4.31. The number of rotatable bonds is 1. The van der Waals surface area contributed by atoms with E-state index in [0.717, 1.165) is 23.4 Å². The summed E-state index contributed by atoms with van der Waals surface area (Å²) < 4.78 is 43.3. The molecule has 1 aliphatic rings. The van der Waals surface area contributed by atoms with Crippen molar-refractivity contribution >= 4 is 6.08 Å². The maximum Gasteiger partial charge on any atom is 0.416 e. The van der Waals surface area contributed by atoms with Gasteiger partial charge in [-0.2, -0.15) is 13.2 Å². The summed E-state index contributed by atoms with van der Waals surface area (Å²) in [5, 5.41) is 0. The lowest BCUT2D eigenvalue weighted by Gasteiger charge is -2.22. The lowest BCUT2D eigenvalue weighted by molar-refractivity contribution is -0.137. The highest BCUT2D eigenvalue weighted by Gasteiger charge is 2.30. The maximum absolute atomic E-state index is 12.5. The van der Waals surface area contributed by atoms with Crippen LogP contribution in [0.2, 0.25) is 0 Å². The fourth-order valence-corrected chi connectivity index (χ4v) is 2.13. The van der Waals surface area contributed by atoms with E-state index in [0.29, 0.717) is 5.56 Å². The van der Waals surface area contributed by atoms with Crippen LogP contribution in [0.5, 0.6) is 5.75 Å². The Morgan fingerprint density at radius 1 is 0.900 bits per heavy atom. The van der Waals surface area contributed by atoms with Crippen molar-refractivity contribution in [1.82, 2.24) is 0 Å². The van der Waals surface area contributed by atoms with Gasteiger partial charge in [0.2, 0.25) is 0 Å². The Hall–Kier alpha value is -2.23. The van der Waals surface area contributed by atoms with Crippen LogP contribution in [0.15, 0.2) is 54.6 Å². The predicted molar refractivity (Wildman–Crippen MR) is 70.3 cm³/mol. The molecule has 0 bridgehead atoms. The van der Waals surface area contributed by atoms with Crippen molar-refractivity contribution in [2.45, 2.75) is 12.3 Å². The largest absolute Gasteiger partial charge is 0.481 e. The fraction of sp³-hybridized carbons (Fsp3) is 0.125. The van der Waals surface area contributed by atoms with Crippen molar-refractivity contribution in [1.29, 1.82) is 0 Å². The summed E-state index contributed by atoms with van der Waals surface area (Å²) in [4.78, 5) is 0. The molecule has 20 heavy (non-hydrogen) atoms. The number of para-hydroxylation sites is 1. The smallest absolute Gasteiger partial charge is 0.416 e. The third kappa shape index (κ3) is 2.41. The molecule has 1 nitrogen and oxygen atoms in total. The van der Waals surface area contributed by atoms with E-state index in [1.165, 1.54) is 12.1 Å². The minimum absolute atomic E-state index is 0.354. The molecule has 1 heterocycles. The van der Waals surface area contributed by atoms with Gasteiger partial charge in [0.25, 0.3) is 0 Å². The lowest BCUT2D eigenvalue weighted by Crippen LogP contribution is -2.10. The first-order chi connectivity index (χ1) is 9.54. The van der Waals surface area contributed by atoms with Crippen LogP contribution in [0.4, 0.5) is 13.2 Å². The number of alkyl halides is 3. The molecular formula is C16H11F3O. The predicted octanol–water partition coefficient (Wildman–Crippen LogP) is 4.85. The molecule has 0 unspecified atom stereocenters. The van der Waals surface area contributed by atoms with Crippen LogP contribution in [0, 0.1) is 0 Å². The first-order valence-electron chi connectivity index (χ1n) is 6.15. The molecule has 3 rings (SSSR count). The van der Waals surface area contributed by atoms with E-state index < -0.39 is 11.7 Å². The van der Waals surface area contributed by atoms with Crippen molar-refractivity contribution in [3.05, 3.63) is 71.3 Å². The number of halogens is 3. The second-order valence-electron chi connectivity index (χ2n) is 4.56. The van der Waals surface area contributed by atoms with Gasteiger partial charge < -0.3 is 4.74 Å². The highest BCUT2D eigenvalue weighted by atomic mass is 19.4. The van der Waals surface area contributed by atoms with Crippen LogP contribution in [0.3, 0.4) is 0 Å². The average Bonchev–Trinajstić information content (AvgIpc) is 2.46. The normalized spacial score (nSPS) is 17.4. The van der Waals surface area contributed by atoms with Gasteiger partial charge >= 0.3 is 6.18 Å². The molecule has 0 aromatic heterocycles. The van der Waals surface area contributed by atoms with Crippen LogP contribution in [-0.2, 0) is 6.18 Å². The maximum atomic E-state index is 12.5. The van der Waals surface area contributed by atoms with Crippen LogP contribution in [0.1, 0.15) is 22.8 Å². The van der Waals surface area contributed by atoms with Gasteiger partial charge in [-0.05, 0) is 29.8 Å². The van der Waals surface area contributed by atoms with E-state index >= 15 is 0 Å². The van der Waals surface area contributed by atoms with Crippen molar-refractivity contribution in [2.24, 2.45) is 0 Å². The van der Waals surface area contributed by atoms with Crippen molar-refractivity contribution in [3.8, 4) is 5.75 Å². The van der Waals surface area contributed by atoms with Gasteiger partial charge in [-0.15, -0.1) is 0 Å². The summed E-state index contributed by atoms with van der Waals surface area (Å²) in [5.74, 6) is 0.736. The molecule has 2 aromatic carbocycles. The molecule has 0 N–H and O–H groups in total. The topological polar surface area (TPSA) is 9.23 Å². The molecule has 0 radical (unpaired) electrons. The average molecular weight is 276 g/mol. The summed E-state index contributed by atoms with van der Waals surface area (Å²) in [7, 11) is 0. The molecule has 2 aromatic rings. The lowest BCUT2D eigenvalue weighted by atomic mass is 10.0. The molecule has 102 valence electrons. The Morgan fingerprint density at radius 3 is 2.30 bits per heavy atom. The molecule has 0 amide bonds. The number of hydrogen-bond donors (Lipinski definition) is 0. The number of benzene rings is 2. The van der Waals surface area contributed by atoms with Gasteiger partial charge in [-0.1, -0.05) is 36.4 Å². The molecule has 0 aliphatic carbocycles. The summed E-state index contributed by atoms with van der Waals surface area (Å²) in [6.07, 6.45) is -0.910. The van der Waals surface area contributed by atoms with Crippen LogP contribution in [0.25, 0.3) is 6.08 Å². The van der Waals surface area contributed by atoms with E-state index in [-0.39, 0.29) is 6.10 Å². The summed E-state index contributed by atoms with van der Waals surface area (Å²) >= 11 is 0. The third-order valence-corrected chi connectivity index (χ3v) is 3.19. The van der Waals surface area contributed by atoms with E-state index in [9.17, 15) is 13.2 Å². The van der Waals surface area contributed by atoms with E-state index in [1.807, 2.05) is 36.4 Å². The molecular weight excluding hydrogens is 265 g/mol. The zero-order valence-electron chi connectivity index (χ0n) is 10.4. The second kappa shape index (κ2) is 4.71. The van der Waals surface area contributed by atoms with E-state index in [2.05, 4.69) is 0 Å². The number of fused-ring (bicyclic) bond motifs is 1. The Balaban J connectivity index is 1.85. The van der Waals surface area contributed by atoms with E-state index in [4.69, 9.17) is 4.74 Å². The SMILES string of the molecule is FC(F)(F)c1ccc([C@@H]2C=Cc3ccccc3O2)cc1. The van der Waals surface area contributed by atoms with Crippen molar-refractivity contribution < 1.29 is 17.9 Å². The van der Waals surface area contributed by atoms with E-state index in [1.54, 1.807) is 0 Å². The molecule has 0 fully saturated rings. The quantitative estimate of drug-likeness (QED) is 0.723. The van der Waals surface area contributed by atoms with Gasteiger partial charge in [0, 0.05) is 5.56 Å². The zero-order chi connectivity index (χ0) is 14.2. The van der Waals surface area contributed by atoms with Gasteiger partial charge in [0.1, 0.15) is 11.9 Å².